The summed E-state index contributed by atoms with van der Waals surface area (Å²) in [5, 5.41) is 2.81. The van der Waals surface area contributed by atoms with E-state index < -0.39 is 6.04 Å². The third kappa shape index (κ3) is 4.61. The average Bonchev–Trinajstić information content (AvgIpc) is 3.14. The van der Waals surface area contributed by atoms with Crippen molar-refractivity contribution in [2.75, 3.05) is 11.9 Å². The van der Waals surface area contributed by atoms with Gasteiger partial charge in [-0.15, -0.1) is 0 Å². The summed E-state index contributed by atoms with van der Waals surface area (Å²) in [4.78, 5) is 30.6. The van der Waals surface area contributed by atoms with Crippen LogP contribution in [-0.2, 0) is 9.59 Å². The van der Waals surface area contributed by atoms with Crippen molar-refractivity contribution in [1.29, 1.82) is 0 Å². The van der Waals surface area contributed by atoms with E-state index in [1.165, 1.54) is 30.5 Å². The summed E-state index contributed by atoms with van der Waals surface area (Å²) in [5.41, 5.74) is 0.523. The van der Waals surface area contributed by atoms with Gasteiger partial charge in [0, 0.05) is 18.5 Å². The van der Waals surface area contributed by atoms with Crippen molar-refractivity contribution in [3.63, 3.8) is 0 Å². The first-order chi connectivity index (χ1) is 12.9. The van der Waals surface area contributed by atoms with E-state index >= 15 is 0 Å². The summed E-state index contributed by atoms with van der Waals surface area (Å²) in [7, 11) is 0. The van der Waals surface area contributed by atoms with E-state index in [-0.39, 0.29) is 23.5 Å². The number of likely N-dealkylation sites (tertiary alicyclic amines) is 1. The van der Waals surface area contributed by atoms with Crippen LogP contribution in [0.4, 0.5) is 10.1 Å². The zero-order valence-electron chi connectivity index (χ0n) is 15.3. The Bertz CT molecular complexity index is 806. The van der Waals surface area contributed by atoms with Gasteiger partial charge in [0.1, 0.15) is 17.6 Å². The van der Waals surface area contributed by atoms with Crippen molar-refractivity contribution in [1.82, 2.24) is 9.88 Å². The second-order valence-corrected chi connectivity index (χ2v) is 6.77. The minimum atomic E-state index is -0.449. The van der Waals surface area contributed by atoms with Crippen molar-refractivity contribution < 1.29 is 18.7 Å². The molecule has 7 heteroatoms. The predicted molar refractivity (Wildman–Crippen MR) is 98.9 cm³/mol. The topological polar surface area (TPSA) is 71.5 Å². The molecular formula is C20H22FN3O3. The highest BCUT2D eigenvalue weighted by atomic mass is 19.1. The molecule has 1 aliphatic heterocycles. The van der Waals surface area contributed by atoms with Crippen molar-refractivity contribution >= 4 is 17.5 Å². The van der Waals surface area contributed by atoms with Crippen LogP contribution in [-0.4, -0.2) is 34.3 Å². The number of amides is 2. The second kappa shape index (κ2) is 8.16. The summed E-state index contributed by atoms with van der Waals surface area (Å²) in [5.74, 6) is 0.101. The summed E-state index contributed by atoms with van der Waals surface area (Å²) in [6.45, 7) is 4.27. The predicted octanol–water partition coefficient (Wildman–Crippen LogP) is 3.60. The van der Waals surface area contributed by atoms with Crippen molar-refractivity contribution in [3.05, 3.63) is 48.4 Å². The molecule has 3 rings (SSSR count). The Kier molecular flexibility index (Phi) is 5.69. The molecule has 0 aliphatic carbocycles. The summed E-state index contributed by atoms with van der Waals surface area (Å²) < 4.78 is 18.4. The SMILES string of the molecule is CC(C)C(=O)N1CCCC1C(=O)Nc1ccc(Oc2ccc(F)cc2)nc1. The van der Waals surface area contributed by atoms with E-state index in [2.05, 4.69) is 10.3 Å². The van der Waals surface area contributed by atoms with Gasteiger partial charge in [-0.2, -0.15) is 0 Å². The van der Waals surface area contributed by atoms with Gasteiger partial charge in [-0.05, 0) is 43.2 Å². The van der Waals surface area contributed by atoms with E-state index in [0.717, 1.165) is 6.42 Å². The number of hydrogen-bond acceptors (Lipinski definition) is 4. The maximum atomic E-state index is 12.9. The zero-order valence-corrected chi connectivity index (χ0v) is 15.3. The monoisotopic (exact) mass is 371 g/mol. The number of carbonyl (C=O) groups is 2. The summed E-state index contributed by atoms with van der Waals surface area (Å²) in [6.07, 6.45) is 2.96. The average molecular weight is 371 g/mol. The molecule has 2 aromatic rings. The van der Waals surface area contributed by atoms with Crippen LogP contribution in [0.3, 0.4) is 0 Å². The normalized spacial score (nSPS) is 16.4. The van der Waals surface area contributed by atoms with E-state index in [4.69, 9.17) is 4.74 Å². The van der Waals surface area contributed by atoms with Crippen molar-refractivity contribution in [3.8, 4) is 11.6 Å². The van der Waals surface area contributed by atoms with Crippen LogP contribution >= 0.6 is 0 Å². The molecule has 1 N–H and O–H groups in total. The largest absolute Gasteiger partial charge is 0.439 e. The lowest BCUT2D eigenvalue weighted by molar-refractivity contribution is -0.139. The third-order valence-corrected chi connectivity index (χ3v) is 4.37. The molecule has 1 atom stereocenters. The lowest BCUT2D eigenvalue weighted by atomic mass is 10.1. The Labute approximate surface area is 157 Å². The molecule has 1 aliphatic rings. The Hall–Kier alpha value is -2.96. The van der Waals surface area contributed by atoms with Gasteiger partial charge >= 0.3 is 0 Å². The van der Waals surface area contributed by atoms with Crippen molar-refractivity contribution in [2.45, 2.75) is 32.7 Å². The van der Waals surface area contributed by atoms with Crippen molar-refractivity contribution in [2.24, 2.45) is 5.92 Å². The molecule has 1 fully saturated rings. The van der Waals surface area contributed by atoms with Gasteiger partial charge in [-0.25, -0.2) is 9.37 Å². The van der Waals surface area contributed by atoms with Crippen LogP contribution < -0.4 is 10.1 Å². The smallest absolute Gasteiger partial charge is 0.247 e. The van der Waals surface area contributed by atoms with Gasteiger partial charge in [0.05, 0.1) is 11.9 Å². The number of anilines is 1. The fourth-order valence-electron chi connectivity index (χ4n) is 3.00. The molecule has 1 aromatic carbocycles. The number of carbonyl (C=O) groups excluding carboxylic acids is 2. The first-order valence-electron chi connectivity index (χ1n) is 8.95. The second-order valence-electron chi connectivity index (χ2n) is 6.77. The fraction of sp³-hybridized carbons (Fsp3) is 0.350. The molecule has 0 radical (unpaired) electrons. The first kappa shape index (κ1) is 18.8. The minimum Gasteiger partial charge on any atom is -0.439 e. The Balaban J connectivity index is 1.61. The molecule has 142 valence electrons. The highest BCUT2D eigenvalue weighted by molar-refractivity contribution is 5.97. The van der Waals surface area contributed by atoms with Gasteiger partial charge in [0.15, 0.2) is 0 Å². The zero-order chi connectivity index (χ0) is 19.4. The highest BCUT2D eigenvalue weighted by Gasteiger charge is 2.34. The summed E-state index contributed by atoms with van der Waals surface area (Å²) in [6, 6.07) is 8.46. The molecule has 0 bridgehead atoms. The molecule has 0 saturated carbocycles. The fourth-order valence-corrected chi connectivity index (χ4v) is 3.00. The van der Waals surface area contributed by atoms with Gasteiger partial charge in [0.2, 0.25) is 17.7 Å². The minimum absolute atomic E-state index is 0.00572. The lowest BCUT2D eigenvalue weighted by Gasteiger charge is -2.25. The Morgan fingerprint density at radius 2 is 1.96 bits per heavy atom. The Morgan fingerprint density at radius 1 is 1.22 bits per heavy atom. The molecule has 27 heavy (non-hydrogen) atoms. The van der Waals surface area contributed by atoms with Gasteiger partial charge < -0.3 is 15.0 Å². The van der Waals surface area contributed by atoms with Crippen LogP contribution in [0.15, 0.2) is 42.6 Å². The molecule has 0 spiro atoms. The van der Waals surface area contributed by atoms with Gasteiger partial charge in [0.25, 0.3) is 0 Å². The number of pyridine rings is 1. The molecular weight excluding hydrogens is 349 g/mol. The highest BCUT2D eigenvalue weighted by Crippen LogP contribution is 2.23. The van der Waals surface area contributed by atoms with Crippen LogP contribution in [0.5, 0.6) is 11.6 Å². The van der Waals surface area contributed by atoms with Crippen LogP contribution in [0.1, 0.15) is 26.7 Å². The molecule has 2 heterocycles. The van der Waals surface area contributed by atoms with Crippen LogP contribution in [0, 0.1) is 11.7 Å². The van der Waals surface area contributed by atoms with Crippen LogP contribution in [0.2, 0.25) is 0 Å². The number of rotatable bonds is 5. The molecule has 1 saturated heterocycles. The third-order valence-electron chi connectivity index (χ3n) is 4.37. The number of ether oxygens (including phenoxy) is 1. The molecule has 1 aromatic heterocycles. The number of benzene rings is 1. The summed E-state index contributed by atoms with van der Waals surface area (Å²) >= 11 is 0. The number of nitrogens with one attached hydrogen (secondary N) is 1. The maximum absolute atomic E-state index is 12.9. The van der Waals surface area contributed by atoms with Gasteiger partial charge in [-0.3, -0.25) is 9.59 Å². The van der Waals surface area contributed by atoms with Gasteiger partial charge in [-0.1, -0.05) is 13.8 Å². The standard InChI is InChI=1S/C20H22FN3O3/c1-13(2)20(26)24-11-3-4-17(24)19(25)23-15-7-10-18(22-12-15)27-16-8-5-14(21)6-9-16/h5-10,12-13,17H,3-4,11H2,1-2H3,(H,23,25). The number of halogens is 1. The first-order valence-corrected chi connectivity index (χ1v) is 8.95. The van der Waals surface area contributed by atoms with E-state index in [0.29, 0.717) is 30.3 Å². The quantitative estimate of drug-likeness (QED) is 0.872. The molecule has 6 nitrogen and oxygen atoms in total. The lowest BCUT2D eigenvalue weighted by Crippen LogP contribution is -2.44. The van der Waals surface area contributed by atoms with E-state index in [1.807, 2.05) is 13.8 Å². The van der Waals surface area contributed by atoms with E-state index in [1.54, 1.807) is 17.0 Å². The Morgan fingerprint density at radius 3 is 2.59 bits per heavy atom. The molecule has 2 amide bonds. The number of aromatic nitrogens is 1. The van der Waals surface area contributed by atoms with Crippen LogP contribution in [0.25, 0.3) is 0 Å². The number of hydrogen-bond donors (Lipinski definition) is 1. The van der Waals surface area contributed by atoms with E-state index in [9.17, 15) is 14.0 Å². The molecule has 1 unspecified atom stereocenters. The number of nitrogens with zero attached hydrogens (tertiary/aromatic N) is 2. The maximum Gasteiger partial charge on any atom is 0.247 e.